The summed E-state index contributed by atoms with van der Waals surface area (Å²) >= 11 is 0. The van der Waals surface area contributed by atoms with Crippen molar-refractivity contribution in [2.24, 2.45) is 4.99 Å². The predicted octanol–water partition coefficient (Wildman–Crippen LogP) is 3.40. The van der Waals surface area contributed by atoms with Gasteiger partial charge in [0.25, 0.3) is 0 Å². The van der Waals surface area contributed by atoms with Gasteiger partial charge in [0.1, 0.15) is 0 Å². The van der Waals surface area contributed by atoms with Gasteiger partial charge in [0, 0.05) is 19.7 Å². The molecule has 1 unspecified atom stereocenters. The summed E-state index contributed by atoms with van der Waals surface area (Å²) in [5.74, 6) is 0.760. The number of aliphatic hydroxyl groups is 1. The number of ether oxygens (including phenoxy) is 1. The van der Waals surface area contributed by atoms with Crippen molar-refractivity contribution in [2.75, 3.05) is 19.7 Å². The molecule has 0 radical (unpaired) electrons. The molecule has 0 fully saturated rings. The fourth-order valence-corrected chi connectivity index (χ4v) is 2.64. The van der Waals surface area contributed by atoms with Gasteiger partial charge < -0.3 is 20.5 Å². The highest BCUT2D eigenvalue weighted by atomic mass is 16.5. The van der Waals surface area contributed by atoms with E-state index in [1.54, 1.807) is 0 Å². The fraction of sp³-hybridized carbons (Fsp3) is 0.409. The molecule has 0 bridgehead atoms. The lowest BCUT2D eigenvalue weighted by atomic mass is 10.1. The highest BCUT2D eigenvalue weighted by Gasteiger charge is 2.07. The normalized spacial score (nSPS) is 12.6. The summed E-state index contributed by atoms with van der Waals surface area (Å²) in [5, 5.41) is 16.8. The maximum atomic E-state index is 10.2. The van der Waals surface area contributed by atoms with E-state index < -0.39 is 6.10 Å². The molecular weight excluding hydrogens is 338 g/mol. The van der Waals surface area contributed by atoms with E-state index in [4.69, 9.17) is 4.74 Å². The van der Waals surface area contributed by atoms with E-state index in [2.05, 4.69) is 39.9 Å². The fourth-order valence-electron chi connectivity index (χ4n) is 2.64. The summed E-state index contributed by atoms with van der Waals surface area (Å²) in [4.78, 5) is 4.63. The third-order valence-electron chi connectivity index (χ3n) is 4.15. The molecule has 0 amide bonds. The molecule has 27 heavy (non-hydrogen) atoms. The molecule has 2 aromatic rings. The van der Waals surface area contributed by atoms with Crippen LogP contribution in [-0.4, -0.2) is 30.8 Å². The average molecular weight is 370 g/mol. The molecule has 1 atom stereocenters. The molecule has 2 aromatic carbocycles. The molecule has 0 saturated carbocycles. The number of nitrogens with zero attached hydrogens (tertiary/aromatic N) is 1. The summed E-state index contributed by atoms with van der Waals surface area (Å²) in [5.41, 5.74) is 3.26. The second kappa shape index (κ2) is 12.1. The van der Waals surface area contributed by atoms with E-state index in [0.29, 0.717) is 26.1 Å². The van der Waals surface area contributed by atoms with Crippen molar-refractivity contribution in [1.82, 2.24) is 10.6 Å². The van der Waals surface area contributed by atoms with Crippen LogP contribution in [0.3, 0.4) is 0 Å². The number of aliphatic hydroxyl groups excluding tert-OH is 1. The van der Waals surface area contributed by atoms with Crippen LogP contribution in [0, 0.1) is 0 Å². The van der Waals surface area contributed by atoms with E-state index in [1.165, 1.54) is 5.56 Å². The molecule has 5 nitrogen and oxygen atoms in total. The van der Waals surface area contributed by atoms with Gasteiger partial charge in [-0.05, 0) is 37.0 Å². The van der Waals surface area contributed by atoms with E-state index >= 15 is 0 Å². The number of aliphatic imine (C=N–C) groups is 1. The monoisotopic (exact) mass is 369 g/mol. The molecule has 0 aliphatic heterocycles. The minimum absolute atomic E-state index is 0.473. The molecule has 0 aromatic heterocycles. The number of rotatable bonds is 10. The first kappa shape index (κ1) is 20.9. The van der Waals surface area contributed by atoms with Crippen LogP contribution in [0.2, 0.25) is 0 Å². The topological polar surface area (TPSA) is 65.9 Å². The first-order valence-electron chi connectivity index (χ1n) is 9.63. The van der Waals surface area contributed by atoms with Crippen LogP contribution in [0.1, 0.15) is 43.1 Å². The van der Waals surface area contributed by atoms with Crippen molar-refractivity contribution in [3.63, 3.8) is 0 Å². The lowest BCUT2D eigenvalue weighted by Crippen LogP contribution is -2.38. The van der Waals surface area contributed by atoms with Crippen LogP contribution in [0.15, 0.2) is 59.6 Å². The van der Waals surface area contributed by atoms with E-state index in [-0.39, 0.29) is 0 Å². The minimum atomic E-state index is -0.473. The van der Waals surface area contributed by atoms with Gasteiger partial charge in [-0.3, -0.25) is 0 Å². The van der Waals surface area contributed by atoms with E-state index in [9.17, 15) is 5.11 Å². The van der Waals surface area contributed by atoms with Crippen LogP contribution in [0.4, 0.5) is 0 Å². The van der Waals surface area contributed by atoms with Crippen molar-refractivity contribution >= 4 is 5.96 Å². The highest BCUT2D eigenvalue weighted by Crippen LogP contribution is 2.14. The van der Waals surface area contributed by atoms with Crippen LogP contribution >= 0.6 is 0 Å². The summed E-state index contributed by atoms with van der Waals surface area (Å²) in [6.07, 6.45) is 0.153. The minimum Gasteiger partial charge on any atom is -0.388 e. The summed E-state index contributed by atoms with van der Waals surface area (Å²) in [6.45, 7) is 7.45. The molecule has 2 rings (SSSR count). The predicted molar refractivity (Wildman–Crippen MR) is 111 cm³/mol. The van der Waals surface area contributed by atoms with Gasteiger partial charge in [-0.15, -0.1) is 0 Å². The molecule has 3 N–H and O–H groups in total. The molecule has 146 valence electrons. The van der Waals surface area contributed by atoms with Crippen molar-refractivity contribution in [1.29, 1.82) is 0 Å². The van der Waals surface area contributed by atoms with Gasteiger partial charge >= 0.3 is 0 Å². The molecule has 5 heteroatoms. The molecule has 0 saturated heterocycles. The van der Waals surface area contributed by atoms with Crippen molar-refractivity contribution in [3.05, 3.63) is 71.3 Å². The number of hydrogen-bond acceptors (Lipinski definition) is 3. The largest absolute Gasteiger partial charge is 0.388 e. The Morgan fingerprint density at radius 2 is 1.70 bits per heavy atom. The number of hydrogen-bond donors (Lipinski definition) is 3. The smallest absolute Gasteiger partial charge is 0.191 e. The molecule has 0 spiro atoms. The zero-order valence-electron chi connectivity index (χ0n) is 16.3. The van der Waals surface area contributed by atoms with Crippen LogP contribution in [0.25, 0.3) is 0 Å². The molecular formula is C22H31N3O2. The maximum absolute atomic E-state index is 10.2. The summed E-state index contributed by atoms with van der Waals surface area (Å²) in [6, 6.07) is 18.1. The average Bonchev–Trinajstić information content (AvgIpc) is 2.71. The lowest BCUT2D eigenvalue weighted by Gasteiger charge is -2.14. The molecule has 0 aliphatic rings. The Bertz CT molecular complexity index is 672. The Morgan fingerprint density at radius 1 is 1.00 bits per heavy atom. The third kappa shape index (κ3) is 7.81. The first-order valence-corrected chi connectivity index (χ1v) is 9.63. The van der Waals surface area contributed by atoms with Gasteiger partial charge in [-0.2, -0.15) is 0 Å². The standard InChI is InChI=1S/C22H31N3O2/c1-3-23-22(24-15-14-21(26)20-8-6-5-7-9-20)25-16-18-10-12-19(13-11-18)17-27-4-2/h5-13,21,26H,3-4,14-17H2,1-2H3,(H2,23,24,25). The Kier molecular flexibility index (Phi) is 9.38. The number of guanidine groups is 1. The van der Waals surface area contributed by atoms with Crippen molar-refractivity contribution < 1.29 is 9.84 Å². The second-order valence-corrected chi connectivity index (χ2v) is 6.29. The van der Waals surface area contributed by atoms with Gasteiger partial charge in [-0.25, -0.2) is 4.99 Å². The van der Waals surface area contributed by atoms with Crippen molar-refractivity contribution in [2.45, 2.75) is 39.5 Å². The zero-order valence-corrected chi connectivity index (χ0v) is 16.3. The van der Waals surface area contributed by atoms with Gasteiger partial charge in [0.2, 0.25) is 0 Å². The summed E-state index contributed by atoms with van der Waals surface area (Å²) in [7, 11) is 0. The Balaban J connectivity index is 1.82. The van der Waals surface area contributed by atoms with E-state index in [0.717, 1.165) is 30.2 Å². The Hall–Kier alpha value is -2.37. The Morgan fingerprint density at radius 3 is 2.37 bits per heavy atom. The maximum Gasteiger partial charge on any atom is 0.191 e. The lowest BCUT2D eigenvalue weighted by molar-refractivity contribution is 0.134. The quantitative estimate of drug-likeness (QED) is 0.444. The third-order valence-corrected chi connectivity index (χ3v) is 4.15. The number of benzene rings is 2. The van der Waals surface area contributed by atoms with Crippen LogP contribution in [0.5, 0.6) is 0 Å². The highest BCUT2D eigenvalue weighted by molar-refractivity contribution is 5.79. The van der Waals surface area contributed by atoms with Crippen LogP contribution < -0.4 is 10.6 Å². The summed E-state index contributed by atoms with van der Waals surface area (Å²) < 4.78 is 5.42. The van der Waals surface area contributed by atoms with Crippen molar-refractivity contribution in [3.8, 4) is 0 Å². The molecule has 0 heterocycles. The zero-order chi connectivity index (χ0) is 19.3. The van der Waals surface area contributed by atoms with Gasteiger partial charge in [0.05, 0.1) is 19.3 Å². The second-order valence-electron chi connectivity index (χ2n) is 6.29. The first-order chi connectivity index (χ1) is 13.2. The Labute approximate surface area is 162 Å². The van der Waals surface area contributed by atoms with Crippen LogP contribution in [-0.2, 0) is 17.9 Å². The van der Waals surface area contributed by atoms with E-state index in [1.807, 2.05) is 44.2 Å². The van der Waals surface area contributed by atoms with Gasteiger partial charge in [-0.1, -0.05) is 54.6 Å². The molecule has 0 aliphatic carbocycles. The van der Waals surface area contributed by atoms with Gasteiger partial charge in [0.15, 0.2) is 5.96 Å². The number of nitrogens with one attached hydrogen (secondary N) is 2. The SMILES string of the molecule is CCNC(=NCc1ccc(COCC)cc1)NCCC(O)c1ccccc1.